The van der Waals surface area contributed by atoms with E-state index in [2.05, 4.69) is 6.92 Å². The summed E-state index contributed by atoms with van der Waals surface area (Å²) in [5.41, 5.74) is 5.81. The number of hydrogen-bond donors (Lipinski definition) is 1. The number of ether oxygens (including phenoxy) is 1. The molecule has 0 aromatic heterocycles. The van der Waals surface area contributed by atoms with E-state index in [-0.39, 0.29) is 18.6 Å². The Morgan fingerprint density at radius 3 is 2.85 bits per heavy atom. The highest BCUT2D eigenvalue weighted by Gasteiger charge is 2.25. The van der Waals surface area contributed by atoms with E-state index in [4.69, 9.17) is 10.5 Å². The third kappa shape index (κ3) is 2.97. The molecule has 1 saturated heterocycles. The molecule has 1 aliphatic heterocycles. The molecule has 2 unspecified atom stereocenters. The molecule has 0 radical (unpaired) electrons. The van der Waals surface area contributed by atoms with Crippen molar-refractivity contribution < 1.29 is 9.53 Å². The van der Waals surface area contributed by atoms with E-state index < -0.39 is 0 Å². The molecule has 4 nitrogen and oxygen atoms in total. The molecule has 1 rings (SSSR count). The van der Waals surface area contributed by atoms with Gasteiger partial charge >= 0.3 is 0 Å². The van der Waals surface area contributed by atoms with Crippen molar-refractivity contribution in [3.63, 3.8) is 0 Å². The quantitative estimate of drug-likeness (QED) is 0.651. The smallest absolute Gasteiger partial charge is 0.248 e. The van der Waals surface area contributed by atoms with Crippen LogP contribution in [0.1, 0.15) is 13.3 Å². The van der Waals surface area contributed by atoms with Crippen molar-refractivity contribution in [2.24, 2.45) is 11.7 Å². The van der Waals surface area contributed by atoms with E-state index >= 15 is 0 Å². The summed E-state index contributed by atoms with van der Waals surface area (Å²) in [4.78, 5) is 13.2. The Balaban J connectivity index is 2.45. The number of piperidine rings is 1. The Kier molecular flexibility index (Phi) is 3.69. The second-order valence-corrected chi connectivity index (χ2v) is 3.83. The van der Waals surface area contributed by atoms with Crippen molar-refractivity contribution >= 4 is 5.91 Å². The van der Waals surface area contributed by atoms with E-state index in [1.165, 1.54) is 7.11 Å². The van der Waals surface area contributed by atoms with Gasteiger partial charge in [-0.15, -0.1) is 0 Å². The summed E-state index contributed by atoms with van der Waals surface area (Å²) < 4.78 is 4.80. The fourth-order valence-corrected chi connectivity index (χ4v) is 1.82. The first-order valence-electron chi connectivity index (χ1n) is 4.65. The molecule has 13 heavy (non-hydrogen) atoms. The molecule has 2 atom stereocenters. The predicted octanol–water partition coefficient (Wildman–Crippen LogP) is -0.171. The molecule has 4 heteroatoms. The molecule has 0 aromatic rings. The zero-order valence-electron chi connectivity index (χ0n) is 8.32. The number of carbonyl (C=O) groups excluding carboxylic acids is 1. The van der Waals surface area contributed by atoms with Crippen LogP contribution < -0.4 is 5.73 Å². The molecule has 1 heterocycles. The third-order valence-corrected chi connectivity index (χ3v) is 2.31. The number of amides is 1. The largest absolute Gasteiger partial charge is 0.375 e. The van der Waals surface area contributed by atoms with E-state index in [1.807, 2.05) is 0 Å². The van der Waals surface area contributed by atoms with E-state index in [0.29, 0.717) is 12.5 Å². The molecule has 0 bridgehead atoms. The van der Waals surface area contributed by atoms with E-state index in [0.717, 1.165) is 13.0 Å². The Bertz CT molecular complexity index is 174. The number of likely N-dealkylation sites (tertiary alicyclic amines) is 1. The van der Waals surface area contributed by atoms with Crippen molar-refractivity contribution in [2.45, 2.75) is 19.4 Å². The van der Waals surface area contributed by atoms with Crippen LogP contribution in [0, 0.1) is 5.92 Å². The van der Waals surface area contributed by atoms with Crippen LogP contribution in [-0.4, -0.2) is 43.7 Å². The first-order valence-corrected chi connectivity index (χ1v) is 4.65. The molecular weight excluding hydrogens is 168 g/mol. The lowest BCUT2D eigenvalue weighted by molar-refractivity contribution is -0.137. The van der Waals surface area contributed by atoms with Gasteiger partial charge in [0.15, 0.2) is 0 Å². The average molecular weight is 186 g/mol. The van der Waals surface area contributed by atoms with Crippen molar-refractivity contribution in [2.75, 3.05) is 26.8 Å². The maximum absolute atomic E-state index is 11.4. The van der Waals surface area contributed by atoms with Gasteiger partial charge in [-0.2, -0.15) is 0 Å². The summed E-state index contributed by atoms with van der Waals surface area (Å²) in [5, 5.41) is 0. The molecule has 1 aliphatic rings. The molecule has 2 N–H and O–H groups in total. The zero-order valence-corrected chi connectivity index (χ0v) is 8.32. The maximum Gasteiger partial charge on any atom is 0.248 e. The lowest BCUT2D eigenvalue weighted by Crippen LogP contribution is -2.49. The van der Waals surface area contributed by atoms with Gasteiger partial charge < -0.3 is 15.4 Å². The van der Waals surface area contributed by atoms with Crippen LogP contribution in [0.5, 0.6) is 0 Å². The minimum absolute atomic E-state index is 0.0458. The number of carbonyl (C=O) groups is 1. The van der Waals surface area contributed by atoms with Crippen molar-refractivity contribution in [3.8, 4) is 0 Å². The summed E-state index contributed by atoms with van der Waals surface area (Å²) in [5.74, 6) is 0.550. The van der Waals surface area contributed by atoms with Gasteiger partial charge in [-0.3, -0.25) is 4.79 Å². The van der Waals surface area contributed by atoms with Gasteiger partial charge in [-0.25, -0.2) is 0 Å². The number of nitrogens with two attached hydrogens (primary N) is 1. The topological polar surface area (TPSA) is 55.6 Å². The normalized spacial score (nSPS) is 29.0. The Morgan fingerprint density at radius 1 is 1.62 bits per heavy atom. The van der Waals surface area contributed by atoms with Gasteiger partial charge in [0.05, 0.1) is 0 Å². The van der Waals surface area contributed by atoms with E-state index in [9.17, 15) is 4.79 Å². The number of nitrogens with zero attached hydrogens (tertiary/aromatic N) is 1. The Morgan fingerprint density at radius 2 is 2.31 bits per heavy atom. The maximum atomic E-state index is 11.4. The van der Waals surface area contributed by atoms with Crippen LogP contribution in [0.25, 0.3) is 0 Å². The van der Waals surface area contributed by atoms with Gasteiger partial charge in [0.25, 0.3) is 0 Å². The fourth-order valence-electron chi connectivity index (χ4n) is 1.82. The Hall–Kier alpha value is -0.610. The SMILES string of the molecule is COCC(=O)N1CC(C)CC(N)C1. The molecule has 1 amide bonds. The monoisotopic (exact) mass is 186 g/mol. The average Bonchev–Trinajstić information content (AvgIpc) is 2.03. The molecule has 0 saturated carbocycles. The van der Waals surface area contributed by atoms with Gasteiger partial charge in [-0.05, 0) is 12.3 Å². The predicted molar refractivity (Wildman–Crippen MR) is 50.2 cm³/mol. The van der Waals surface area contributed by atoms with Crippen molar-refractivity contribution in [1.29, 1.82) is 0 Å². The summed E-state index contributed by atoms with van der Waals surface area (Å²) >= 11 is 0. The van der Waals surface area contributed by atoms with Crippen LogP contribution in [0.2, 0.25) is 0 Å². The Labute approximate surface area is 79.0 Å². The lowest BCUT2D eigenvalue weighted by Gasteiger charge is -2.34. The third-order valence-electron chi connectivity index (χ3n) is 2.31. The first-order chi connectivity index (χ1) is 6.13. The molecule has 76 valence electrons. The summed E-state index contributed by atoms with van der Waals surface area (Å²) in [6.45, 7) is 3.77. The second kappa shape index (κ2) is 4.58. The van der Waals surface area contributed by atoms with Crippen LogP contribution >= 0.6 is 0 Å². The molecule has 0 spiro atoms. The van der Waals surface area contributed by atoms with Crippen LogP contribution in [-0.2, 0) is 9.53 Å². The lowest BCUT2D eigenvalue weighted by atomic mass is 9.97. The highest BCUT2D eigenvalue weighted by Crippen LogP contribution is 2.14. The number of hydrogen-bond acceptors (Lipinski definition) is 3. The first kappa shape index (κ1) is 10.5. The molecule has 1 fully saturated rings. The second-order valence-electron chi connectivity index (χ2n) is 3.83. The van der Waals surface area contributed by atoms with Crippen LogP contribution in [0.4, 0.5) is 0 Å². The van der Waals surface area contributed by atoms with Gasteiger partial charge in [0.1, 0.15) is 6.61 Å². The summed E-state index contributed by atoms with van der Waals surface area (Å²) in [6.07, 6.45) is 1.01. The van der Waals surface area contributed by atoms with Crippen molar-refractivity contribution in [1.82, 2.24) is 4.90 Å². The number of rotatable bonds is 2. The highest BCUT2D eigenvalue weighted by molar-refractivity contribution is 5.77. The van der Waals surface area contributed by atoms with Gasteiger partial charge in [0, 0.05) is 26.2 Å². The summed E-state index contributed by atoms with van der Waals surface area (Å²) in [7, 11) is 1.53. The van der Waals surface area contributed by atoms with Gasteiger partial charge in [-0.1, -0.05) is 6.92 Å². The highest BCUT2D eigenvalue weighted by atomic mass is 16.5. The minimum atomic E-state index is 0.0458. The molecule has 0 aliphatic carbocycles. The standard InChI is InChI=1S/C9H18N2O2/c1-7-3-8(10)5-11(4-7)9(12)6-13-2/h7-8H,3-6,10H2,1-2H3. The van der Waals surface area contributed by atoms with E-state index in [1.54, 1.807) is 4.90 Å². The van der Waals surface area contributed by atoms with Crippen LogP contribution in [0.3, 0.4) is 0 Å². The molecular formula is C9H18N2O2. The minimum Gasteiger partial charge on any atom is -0.375 e. The number of methoxy groups -OCH3 is 1. The molecule has 0 aromatic carbocycles. The van der Waals surface area contributed by atoms with Crippen molar-refractivity contribution in [3.05, 3.63) is 0 Å². The fraction of sp³-hybridized carbons (Fsp3) is 0.889. The zero-order chi connectivity index (χ0) is 9.84. The summed E-state index contributed by atoms with van der Waals surface area (Å²) in [6, 6.07) is 0.129. The van der Waals surface area contributed by atoms with Gasteiger partial charge in [0.2, 0.25) is 5.91 Å². The van der Waals surface area contributed by atoms with Crippen LogP contribution in [0.15, 0.2) is 0 Å².